The topological polar surface area (TPSA) is 70.6 Å². The smallest absolute Gasteiger partial charge is 0.224 e. The van der Waals surface area contributed by atoms with Crippen LogP contribution in [0.25, 0.3) is 0 Å². The molecule has 116 valence electrons. The Morgan fingerprint density at radius 2 is 2.33 bits per heavy atom. The van der Waals surface area contributed by atoms with Crippen molar-refractivity contribution in [1.29, 1.82) is 0 Å². The van der Waals surface area contributed by atoms with Gasteiger partial charge in [-0.25, -0.2) is 0 Å². The number of hydrogen-bond donors (Lipinski definition) is 3. The van der Waals surface area contributed by atoms with Crippen LogP contribution in [0, 0.1) is 5.92 Å². The van der Waals surface area contributed by atoms with E-state index in [9.17, 15) is 9.90 Å². The molecule has 2 atom stereocenters. The number of nitrogens with one attached hydrogen (secondary N) is 2. The lowest BCUT2D eigenvalue weighted by Crippen LogP contribution is -2.39. The SMILES string of the molecule is O=C(NCC(O)COc1cccc(Cl)c1Cl)C1CCNC1. The summed E-state index contributed by atoms with van der Waals surface area (Å²) in [4.78, 5) is 11.8. The Kier molecular flexibility index (Phi) is 6.11. The molecule has 7 heteroatoms. The Balaban J connectivity index is 1.73. The van der Waals surface area contributed by atoms with Crippen LogP contribution in [0.3, 0.4) is 0 Å². The van der Waals surface area contributed by atoms with Crippen molar-refractivity contribution in [3.05, 3.63) is 28.2 Å². The molecule has 0 radical (unpaired) electrons. The fraction of sp³-hybridized carbons (Fsp3) is 0.500. The Bertz CT molecular complexity index is 493. The number of carbonyl (C=O) groups is 1. The third-order valence-electron chi connectivity index (χ3n) is 3.29. The Labute approximate surface area is 133 Å². The first-order valence-corrected chi connectivity index (χ1v) is 7.57. The molecule has 1 aliphatic rings. The zero-order valence-corrected chi connectivity index (χ0v) is 13.0. The summed E-state index contributed by atoms with van der Waals surface area (Å²) >= 11 is 11.8. The fourth-order valence-corrected chi connectivity index (χ4v) is 2.43. The number of rotatable bonds is 6. The molecule has 5 nitrogen and oxygen atoms in total. The van der Waals surface area contributed by atoms with Gasteiger partial charge in [0.2, 0.25) is 5.91 Å². The molecule has 1 aromatic carbocycles. The molecule has 1 saturated heterocycles. The Hall–Kier alpha value is -1.01. The lowest BCUT2D eigenvalue weighted by atomic mass is 10.1. The minimum atomic E-state index is -0.807. The lowest BCUT2D eigenvalue weighted by Gasteiger charge is -2.15. The first-order valence-electron chi connectivity index (χ1n) is 6.81. The molecule has 2 rings (SSSR count). The summed E-state index contributed by atoms with van der Waals surface area (Å²) in [5.41, 5.74) is 0. The molecule has 1 aromatic rings. The molecule has 0 aromatic heterocycles. The quantitative estimate of drug-likeness (QED) is 0.737. The molecule has 21 heavy (non-hydrogen) atoms. The van der Waals surface area contributed by atoms with Crippen LogP contribution >= 0.6 is 23.2 Å². The number of carbonyl (C=O) groups excluding carboxylic acids is 1. The molecule has 0 spiro atoms. The molecule has 0 saturated carbocycles. The van der Waals surface area contributed by atoms with Gasteiger partial charge in [0.15, 0.2) is 0 Å². The van der Waals surface area contributed by atoms with Gasteiger partial charge in [-0.3, -0.25) is 4.79 Å². The highest BCUT2D eigenvalue weighted by molar-refractivity contribution is 6.42. The zero-order valence-electron chi connectivity index (χ0n) is 11.4. The molecule has 1 aliphatic heterocycles. The molecule has 2 unspecified atom stereocenters. The maximum atomic E-state index is 11.8. The Morgan fingerprint density at radius 3 is 3.05 bits per heavy atom. The summed E-state index contributed by atoms with van der Waals surface area (Å²) in [6, 6.07) is 5.04. The monoisotopic (exact) mass is 332 g/mol. The van der Waals surface area contributed by atoms with Crippen LogP contribution in [-0.4, -0.2) is 43.4 Å². The highest BCUT2D eigenvalue weighted by Crippen LogP contribution is 2.31. The molecule has 1 amide bonds. The van der Waals surface area contributed by atoms with Gasteiger partial charge in [0.05, 0.1) is 10.9 Å². The van der Waals surface area contributed by atoms with Crippen molar-refractivity contribution in [2.24, 2.45) is 5.92 Å². The molecule has 1 heterocycles. The summed E-state index contributed by atoms with van der Waals surface area (Å²) in [7, 11) is 0. The third kappa shape index (κ3) is 4.74. The van der Waals surface area contributed by atoms with Crippen molar-refractivity contribution in [3.8, 4) is 5.75 Å². The zero-order chi connectivity index (χ0) is 15.2. The van der Waals surface area contributed by atoms with Gasteiger partial charge >= 0.3 is 0 Å². The van der Waals surface area contributed by atoms with E-state index in [0.717, 1.165) is 13.0 Å². The van der Waals surface area contributed by atoms with Crippen LogP contribution in [0.1, 0.15) is 6.42 Å². The first-order chi connectivity index (χ1) is 10.1. The Morgan fingerprint density at radius 1 is 1.52 bits per heavy atom. The minimum absolute atomic E-state index is 0.0134. The van der Waals surface area contributed by atoms with Crippen molar-refractivity contribution < 1.29 is 14.6 Å². The van der Waals surface area contributed by atoms with E-state index in [1.807, 2.05) is 0 Å². The van der Waals surface area contributed by atoms with E-state index in [1.165, 1.54) is 0 Å². The van der Waals surface area contributed by atoms with Crippen molar-refractivity contribution >= 4 is 29.1 Å². The van der Waals surface area contributed by atoms with Gasteiger partial charge in [-0.15, -0.1) is 0 Å². The summed E-state index contributed by atoms with van der Waals surface area (Å²) in [6.45, 7) is 1.73. The molecule has 1 fully saturated rings. The normalized spacial score (nSPS) is 19.3. The van der Waals surface area contributed by atoms with Gasteiger partial charge in [0.1, 0.15) is 23.5 Å². The number of halogens is 2. The molecule has 0 aliphatic carbocycles. The van der Waals surface area contributed by atoms with Gasteiger partial charge in [-0.2, -0.15) is 0 Å². The van der Waals surface area contributed by atoms with E-state index < -0.39 is 6.10 Å². The highest BCUT2D eigenvalue weighted by atomic mass is 35.5. The number of aliphatic hydroxyl groups is 1. The predicted octanol–water partition coefficient (Wildman–Crippen LogP) is 1.46. The van der Waals surface area contributed by atoms with E-state index in [4.69, 9.17) is 27.9 Å². The van der Waals surface area contributed by atoms with Crippen LogP contribution in [-0.2, 0) is 4.79 Å². The summed E-state index contributed by atoms with van der Waals surface area (Å²) in [5, 5.41) is 16.4. The highest BCUT2D eigenvalue weighted by Gasteiger charge is 2.22. The summed E-state index contributed by atoms with van der Waals surface area (Å²) in [6.07, 6.45) is 0.0228. The lowest BCUT2D eigenvalue weighted by molar-refractivity contribution is -0.124. The van der Waals surface area contributed by atoms with E-state index in [2.05, 4.69) is 10.6 Å². The fourth-order valence-electron chi connectivity index (χ4n) is 2.08. The van der Waals surface area contributed by atoms with Gasteiger partial charge in [0.25, 0.3) is 0 Å². The van der Waals surface area contributed by atoms with Crippen LogP contribution in [0.5, 0.6) is 5.75 Å². The van der Waals surface area contributed by atoms with Gasteiger partial charge in [0, 0.05) is 13.1 Å². The average molecular weight is 333 g/mol. The van der Waals surface area contributed by atoms with Crippen molar-refractivity contribution in [1.82, 2.24) is 10.6 Å². The molecular weight excluding hydrogens is 315 g/mol. The van der Waals surface area contributed by atoms with Crippen LogP contribution < -0.4 is 15.4 Å². The number of ether oxygens (including phenoxy) is 1. The van der Waals surface area contributed by atoms with Gasteiger partial charge in [-0.05, 0) is 25.1 Å². The number of aliphatic hydroxyl groups excluding tert-OH is 1. The van der Waals surface area contributed by atoms with Gasteiger partial charge in [-0.1, -0.05) is 29.3 Å². The molecule has 0 bridgehead atoms. The van der Waals surface area contributed by atoms with Crippen LogP contribution in [0.15, 0.2) is 18.2 Å². The standard InChI is InChI=1S/C14H18Cl2N2O3/c15-11-2-1-3-12(13(11)16)21-8-10(19)7-18-14(20)9-4-5-17-6-9/h1-3,9-10,17,19H,4-8H2,(H,18,20). The van der Waals surface area contributed by atoms with E-state index in [-0.39, 0.29) is 25.0 Å². The predicted molar refractivity (Wildman–Crippen MR) is 82.0 cm³/mol. The minimum Gasteiger partial charge on any atom is -0.489 e. The molecular formula is C14H18Cl2N2O3. The average Bonchev–Trinajstić information content (AvgIpc) is 3.00. The van der Waals surface area contributed by atoms with Crippen LogP contribution in [0.4, 0.5) is 0 Å². The number of benzene rings is 1. The van der Waals surface area contributed by atoms with Crippen molar-refractivity contribution in [2.45, 2.75) is 12.5 Å². The second kappa shape index (κ2) is 7.84. The first kappa shape index (κ1) is 16.4. The largest absolute Gasteiger partial charge is 0.489 e. The van der Waals surface area contributed by atoms with Crippen molar-refractivity contribution in [3.63, 3.8) is 0 Å². The maximum absolute atomic E-state index is 11.8. The molecule has 3 N–H and O–H groups in total. The van der Waals surface area contributed by atoms with Crippen LogP contribution in [0.2, 0.25) is 10.0 Å². The second-order valence-corrected chi connectivity index (χ2v) is 5.74. The number of hydrogen-bond acceptors (Lipinski definition) is 4. The summed E-state index contributed by atoms with van der Waals surface area (Å²) < 4.78 is 5.41. The van der Waals surface area contributed by atoms with Crippen molar-refractivity contribution in [2.75, 3.05) is 26.2 Å². The van der Waals surface area contributed by atoms with E-state index >= 15 is 0 Å². The van der Waals surface area contributed by atoms with Gasteiger partial charge < -0.3 is 20.5 Å². The second-order valence-electron chi connectivity index (χ2n) is 4.95. The third-order valence-corrected chi connectivity index (χ3v) is 4.09. The maximum Gasteiger partial charge on any atom is 0.224 e. The van der Waals surface area contributed by atoms with E-state index in [0.29, 0.717) is 22.3 Å². The summed E-state index contributed by atoms with van der Waals surface area (Å²) in [5.74, 6) is 0.356. The number of amides is 1. The van der Waals surface area contributed by atoms with E-state index in [1.54, 1.807) is 18.2 Å².